The molecule has 2 aromatic rings. The number of imidazole rings is 1. The van der Waals surface area contributed by atoms with Gasteiger partial charge in [0, 0.05) is 6.54 Å². The molecule has 0 saturated carbocycles. The predicted octanol–water partition coefficient (Wildman–Crippen LogP) is 2.18. The number of aromatic amines is 1. The summed E-state index contributed by atoms with van der Waals surface area (Å²) in [5, 5.41) is 0. The van der Waals surface area contributed by atoms with Gasteiger partial charge in [-0.05, 0) is 26.0 Å². The summed E-state index contributed by atoms with van der Waals surface area (Å²) in [4.78, 5) is 10.3. The molecule has 4 nitrogen and oxygen atoms in total. The van der Waals surface area contributed by atoms with E-state index in [0.29, 0.717) is 6.04 Å². The highest BCUT2D eigenvalue weighted by Gasteiger charge is 2.27. The molecular formula is C13H17N3O. The Balaban J connectivity index is 1.97. The molecule has 1 aromatic heterocycles. The number of benzene rings is 1. The molecule has 1 saturated heterocycles. The fourth-order valence-electron chi connectivity index (χ4n) is 2.31. The molecule has 90 valence electrons. The second-order valence-corrected chi connectivity index (χ2v) is 4.59. The van der Waals surface area contributed by atoms with Gasteiger partial charge in [0.25, 0.3) is 0 Å². The molecule has 0 spiro atoms. The third kappa shape index (κ3) is 1.78. The number of para-hydroxylation sites is 2. The number of hydrogen-bond donors (Lipinski definition) is 1. The molecule has 0 unspecified atom stereocenters. The highest BCUT2D eigenvalue weighted by molar-refractivity contribution is 5.77. The number of anilines is 1. The first-order valence-electron chi connectivity index (χ1n) is 6.09. The van der Waals surface area contributed by atoms with E-state index in [1.54, 1.807) is 0 Å². The third-order valence-corrected chi connectivity index (χ3v) is 3.53. The summed E-state index contributed by atoms with van der Waals surface area (Å²) in [6.07, 6.45) is 0.247. The Morgan fingerprint density at radius 2 is 2.18 bits per heavy atom. The molecule has 17 heavy (non-hydrogen) atoms. The molecule has 0 aliphatic carbocycles. The Labute approximate surface area is 101 Å². The molecule has 0 bridgehead atoms. The summed E-state index contributed by atoms with van der Waals surface area (Å²) in [7, 11) is 0. The van der Waals surface area contributed by atoms with Crippen LogP contribution in [0.25, 0.3) is 11.0 Å². The summed E-state index contributed by atoms with van der Waals surface area (Å²) in [5.41, 5.74) is 2.11. The van der Waals surface area contributed by atoms with Crippen molar-refractivity contribution in [3.05, 3.63) is 24.3 Å². The molecule has 1 fully saturated rings. The quantitative estimate of drug-likeness (QED) is 0.817. The number of H-pyrrole nitrogens is 1. The van der Waals surface area contributed by atoms with Crippen LogP contribution >= 0.6 is 0 Å². The zero-order valence-electron chi connectivity index (χ0n) is 10.2. The van der Waals surface area contributed by atoms with Crippen LogP contribution in [0.1, 0.15) is 13.8 Å². The molecule has 2 heterocycles. The molecule has 1 aromatic carbocycles. The highest BCUT2D eigenvalue weighted by Crippen LogP contribution is 2.22. The average Bonchev–Trinajstić information content (AvgIpc) is 2.76. The van der Waals surface area contributed by atoms with Crippen molar-refractivity contribution < 1.29 is 4.74 Å². The first kappa shape index (κ1) is 10.6. The van der Waals surface area contributed by atoms with Crippen LogP contribution in [-0.4, -0.2) is 35.3 Å². The van der Waals surface area contributed by atoms with Crippen LogP contribution in [-0.2, 0) is 4.74 Å². The number of nitrogens with one attached hydrogen (secondary N) is 1. The van der Waals surface area contributed by atoms with E-state index < -0.39 is 0 Å². The minimum atomic E-state index is 0.247. The van der Waals surface area contributed by atoms with E-state index in [0.717, 1.165) is 30.1 Å². The van der Waals surface area contributed by atoms with Gasteiger partial charge in [-0.3, -0.25) is 0 Å². The lowest BCUT2D eigenvalue weighted by Crippen LogP contribution is -2.49. The number of hydrogen-bond acceptors (Lipinski definition) is 3. The van der Waals surface area contributed by atoms with E-state index in [1.165, 1.54) is 0 Å². The maximum Gasteiger partial charge on any atom is 0.204 e. The van der Waals surface area contributed by atoms with Crippen molar-refractivity contribution >= 4 is 17.0 Å². The summed E-state index contributed by atoms with van der Waals surface area (Å²) in [6, 6.07) is 8.47. The van der Waals surface area contributed by atoms with Crippen LogP contribution in [0.5, 0.6) is 0 Å². The van der Waals surface area contributed by atoms with E-state index in [9.17, 15) is 0 Å². The average molecular weight is 231 g/mol. The molecule has 4 heteroatoms. The zero-order valence-corrected chi connectivity index (χ0v) is 10.2. The minimum Gasteiger partial charge on any atom is -0.375 e. The number of rotatable bonds is 1. The molecule has 1 N–H and O–H groups in total. The van der Waals surface area contributed by atoms with Gasteiger partial charge in [-0.25, -0.2) is 4.98 Å². The number of morpholine rings is 1. The fourth-order valence-corrected chi connectivity index (χ4v) is 2.31. The van der Waals surface area contributed by atoms with E-state index in [-0.39, 0.29) is 6.10 Å². The van der Waals surface area contributed by atoms with Crippen molar-refractivity contribution in [2.24, 2.45) is 0 Å². The maximum absolute atomic E-state index is 5.63. The molecule has 1 aliphatic heterocycles. The lowest BCUT2D eigenvalue weighted by atomic mass is 10.1. The number of nitrogens with zero attached hydrogens (tertiary/aromatic N) is 2. The largest absolute Gasteiger partial charge is 0.375 e. The Morgan fingerprint density at radius 3 is 3.00 bits per heavy atom. The monoisotopic (exact) mass is 231 g/mol. The highest BCUT2D eigenvalue weighted by atomic mass is 16.5. The van der Waals surface area contributed by atoms with E-state index in [1.807, 2.05) is 18.2 Å². The molecule has 2 atom stereocenters. The van der Waals surface area contributed by atoms with Gasteiger partial charge >= 0.3 is 0 Å². The van der Waals surface area contributed by atoms with E-state index in [2.05, 4.69) is 34.8 Å². The minimum absolute atomic E-state index is 0.247. The SMILES string of the molecule is C[C@H]1OCCN(c2nc3ccccc3[nH]2)[C@H]1C. The number of aromatic nitrogens is 2. The first-order valence-corrected chi connectivity index (χ1v) is 6.09. The van der Waals surface area contributed by atoms with Crippen LogP contribution in [0.2, 0.25) is 0 Å². The topological polar surface area (TPSA) is 41.1 Å². The number of ether oxygens (including phenoxy) is 1. The molecule has 1 aliphatic rings. The van der Waals surface area contributed by atoms with Crippen LogP contribution in [0.3, 0.4) is 0 Å². The Bertz CT molecular complexity index is 489. The van der Waals surface area contributed by atoms with Gasteiger partial charge < -0.3 is 14.6 Å². The van der Waals surface area contributed by atoms with Crippen molar-refractivity contribution in [1.82, 2.24) is 9.97 Å². The second kappa shape index (κ2) is 4.04. The van der Waals surface area contributed by atoms with E-state index >= 15 is 0 Å². The summed E-state index contributed by atoms with van der Waals surface area (Å²) in [6.45, 7) is 5.95. The van der Waals surface area contributed by atoms with Crippen LogP contribution in [0, 0.1) is 0 Å². The lowest BCUT2D eigenvalue weighted by Gasteiger charge is -2.37. The van der Waals surface area contributed by atoms with Crippen molar-refractivity contribution in [2.75, 3.05) is 18.1 Å². The molecular weight excluding hydrogens is 214 g/mol. The van der Waals surface area contributed by atoms with Gasteiger partial charge in [0.05, 0.1) is 29.8 Å². The second-order valence-electron chi connectivity index (χ2n) is 4.59. The molecule has 0 radical (unpaired) electrons. The van der Waals surface area contributed by atoms with Crippen molar-refractivity contribution in [3.8, 4) is 0 Å². The van der Waals surface area contributed by atoms with Crippen LogP contribution in [0.15, 0.2) is 24.3 Å². The Hall–Kier alpha value is -1.55. The molecule has 0 amide bonds. The van der Waals surface area contributed by atoms with Crippen molar-refractivity contribution in [2.45, 2.75) is 26.0 Å². The van der Waals surface area contributed by atoms with Gasteiger partial charge in [-0.1, -0.05) is 12.1 Å². The van der Waals surface area contributed by atoms with Gasteiger partial charge in [0.2, 0.25) is 5.95 Å². The standard InChI is InChI=1S/C13H17N3O/c1-9-10(2)17-8-7-16(9)13-14-11-5-3-4-6-12(11)15-13/h3-6,9-10H,7-8H2,1-2H3,(H,14,15)/t9-,10+/m0/s1. The summed E-state index contributed by atoms with van der Waals surface area (Å²) in [5.74, 6) is 0.953. The number of fused-ring (bicyclic) bond motifs is 1. The lowest BCUT2D eigenvalue weighted by molar-refractivity contribution is 0.0278. The summed E-state index contributed by atoms with van der Waals surface area (Å²) < 4.78 is 5.63. The maximum atomic E-state index is 5.63. The normalized spacial score (nSPS) is 25.4. The Morgan fingerprint density at radius 1 is 1.35 bits per heavy atom. The summed E-state index contributed by atoms with van der Waals surface area (Å²) >= 11 is 0. The van der Waals surface area contributed by atoms with Crippen LogP contribution in [0.4, 0.5) is 5.95 Å². The van der Waals surface area contributed by atoms with Gasteiger partial charge in [0.1, 0.15) is 0 Å². The Kier molecular flexibility index (Phi) is 2.52. The predicted molar refractivity (Wildman–Crippen MR) is 68.3 cm³/mol. The first-order chi connectivity index (χ1) is 8.25. The fraction of sp³-hybridized carbons (Fsp3) is 0.462. The smallest absolute Gasteiger partial charge is 0.204 e. The van der Waals surface area contributed by atoms with Gasteiger partial charge in [-0.15, -0.1) is 0 Å². The van der Waals surface area contributed by atoms with Gasteiger partial charge in [0.15, 0.2) is 0 Å². The van der Waals surface area contributed by atoms with Gasteiger partial charge in [-0.2, -0.15) is 0 Å². The zero-order chi connectivity index (χ0) is 11.8. The third-order valence-electron chi connectivity index (χ3n) is 3.53. The van der Waals surface area contributed by atoms with Crippen molar-refractivity contribution in [3.63, 3.8) is 0 Å². The van der Waals surface area contributed by atoms with Crippen LogP contribution < -0.4 is 4.90 Å². The van der Waals surface area contributed by atoms with E-state index in [4.69, 9.17) is 4.74 Å². The van der Waals surface area contributed by atoms with Crippen molar-refractivity contribution in [1.29, 1.82) is 0 Å². The molecule has 3 rings (SSSR count).